The molecule has 0 spiro atoms. The van der Waals surface area contributed by atoms with Crippen molar-refractivity contribution >= 4 is 32.7 Å². The predicted octanol–water partition coefficient (Wildman–Crippen LogP) is 3.37. The van der Waals surface area contributed by atoms with Crippen LogP contribution >= 0.6 is 11.5 Å². The number of fused-ring (bicyclic) bond motifs is 2. The molecule has 5 rings (SSSR count). The predicted molar refractivity (Wildman–Crippen MR) is 112 cm³/mol. The third-order valence-electron chi connectivity index (χ3n) is 5.36. The highest BCUT2D eigenvalue weighted by molar-refractivity contribution is 7.12. The lowest BCUT2D eigenvalue weighted by Gasteiger charge is -2.17. The minimum absolute atomic E-state index is 0.242. The number of nitrogens with one attached hydrogen (secondary N) is 1. The smallest absolute Gasteiger partial charge is 0.271 e. The Hall–Kier alpha value is -2.90. The van der Waals surface area contributed by atoms with Crippen molar-refractivity contribution in [1.82, 2.24) is 8.94 Å². The Bertz CT molecular complexity index is 1330. The SMILES string of the molecule is COc1c(-c2ccc(CN)cc2)ccc2c(=O)c3c(=O)[nH]sc3n(C3CC3)c12. The highest BCUT2D eigenvalue weighted by Crippen LogP contribution is 2.44. The first-order valence-corrected chi connectivity index (χ1v) is 10.0. The van der Waals surface area contributed by atoms with Gasteiger partial charge in [0.05, 0.1) is 18.0 Å². The van der Waals surface area contributed by atoms with Crippen LogP contribution in [0.4, 0.5) is 0 Å². The summed E-state index contributed by atoms with van der Waals surface area (Å²) in [6.45, 7) is 0.487. The number of nitrogens with zero attached hydrogens (tertiary/aromatic N) is 1. The molecule has 0 amide bonds. The van der Waals surface area contributed by atoms with Crippen molar-refractivity contribution in [3.05, 3.63) is 62.5 Å². The molecule has 28 heavy (non-hydrogen) atoms. The lowest BCUT2D eigenvalue weighted by atomic mass is 10.00. The fourth-order valence-electron chi connectivity index (χ4n) is 3.83. The Balaban J connectivity index is 1.91. The summed E-state index contributed by atoms with van der Waals surface area (Å²) in [5.74, 6) is 0.657. The van der Waals surface area contributed by atoms with Crippen LogP contribution in [0, 0.1) is 0 Å². The molecule has 1 fully saturated rings. The van der Waals surface area contributed by atoms with Crippen molar-refractivity contribution in [2.45, 2.75) is 25.4 Å². The van der Waals surface area contributed by atoms with Gasteiger partial charge in [-0.25, -0.2) is 0 Å². The van der Waals surface area contributed by atoms with Crippen LogP contribution < -0.4 is 21.5 Å². The van der Waals surface area contributed by atoms with E-state index in [9.17, 15) is 9.59 Å². The summed E-state index contributed by atoms with van der Waals surface area (Å²) in [4.78, 5) is 26.0. The molecule has 0 bridgehead atoms. The van der Waals surface area contributed by atoms with E-state index in [0.29, 0.717) is 22.5 Å². The van der Waals surface area contributed by atoms with Crippen molar-refractivity contribution < 1.29 is 4.74 Å². The van der Waals surface area contributed by atoms with Gasteiger partial charge in [-0.15, -0.1) is 0 Å². The topological polar surface area (TPSA) is 90.1 Å². The van der Waals surface area contributed by atoms with E-state index in [1.165, 1.54) is 11.5 Å². The molecule has 1 aliphatic carbocycles. The zero-order valence-corrected chi connectivity index (χ0v) is 16.1. The van der Waals surface area contributed by atoms with Crippen molar-refractivity contribution in [2.75, 3.05) is 7.11 Å². The summed E-state index contributed by atoms with van der Waals surface area (Å²) in [6, 6.07) is 12.0. The average molecular weight is 393 g/mol. The number of pyridine rings is 1. The number of hydrogen-bond donors (Lipinski definition) is 2. The van der Waals surface area contributed by atoms with Gasteiger partial charge in [0.1, 0.15) is 10.2 Å². The van der Waals surface area contributed by atoms with E-state index in [1.54, 1.807) is 7.11 Å². The van der Waals surface area contributed by atoms with Crippen molar-refractivity contribution in [3.63, 3.8) is 0 Å². The second-order valence-electron chi connectivity index (χ2n) is 7.09. The number of ether oxygens (including phenoxy) is 1. The standard InChI is InChI=1S/C21H19N3O3S/c1-27-19-14(12-4-2-11(10-22)3-5-12)8-9-15-17(19)24(13-6-7-13)21-16(18(15)25)20(26)23-28-21/h2-5,8-9,13H,6-7,10,22H2,1H3,(H,23,26). The molecule has 1 aliphatic rings. The van der Waals surface area contributed by atoms with Crippen LogP contribution in [0.3, 0.4) is 0 Å². The average Bonchev–Trinajstić information content (AvgIpc) is 3.49. The Morgan fingerprint density at radius 1 is 1.18 bits per heavy atom. The molecule has 142 valence electrons. The molecule has 1 saturated carbocycles. The van der Waals surface area contributed by atoms with Crippen LogP contribution in [0.1, 0.15) is 24.4 Å². The summed E-state index contributed by atoms with van der Waals surface area (Å²) in [5.41, 5.74) is 8.87. The van der Waals surface area contributed by atoms with Crippen LogP contribution in [-0.4, -0.2) is 16.1 Å². The van der Waals surface area contributed by atoms with E-state index in [0.717, 1.165) is 35.0 Å². The molecule has 0 radical (unpaired) electrons. The third kappa shape index (κ3) is 2.43. The molecule has 2 aromatic heterocycles. The van der Waals surface area contributed by atoms with Crippen LogP contribution in [0.5, 0.6) is 5.75 Å². The van der Waals surface area contributed by atoms with E-state index in [4.69, 9.17) is 10.5 Å². The van der Waals surface area contributed by atoms with Crippen LogP contribution in [-0.2, 0) is 6.54 Å². The monoisotopic (exact) mass is 393 g/mol. The molecule has 2 heterocycles. The maximum Gasteiger partial charge on any atom is 0.271 e. The molecule has 4 aromatic rings. The Kier molecular flexibility index (Phi) is 3.89. The number of aromatic nitrogens is 2. The van der Waals surface area contributed by atoms with Gasteiger partial charge in [-0.3, -0.25) is 14.0 Å². The zero-order valence-electron chi connectivity index (χ0n) is 15.3. The first-order chi connectivity index (χ1) is 13.6. The van der Waals surface area contributed by atoms with Crippen molar-refractivity contribution in [2.24, 2.45) is 5.73 Å². The Morgan fingerprint density at radius 3 is 2.57 bits per heavy atom. The van der Waals surface area contributed by atoms with Crippen LogP contribution in [0.2, 0.25) is 0 Å². The van der Waals surface area contributed by atoms with E-state index in [2.05, 4.69) is 8.94 Å². The lowest BCUT2D eigenvalue weighted by molar-refractivity contribution is 0.419. The molecule has 3 N–H and O–H groups in total. The second-order valence-corrected chi connectivity index (χ2v) is 7.88. The number of aromatic amines is 1. The first kappa shape index (κ1) is 17.2. The summed E-state index contributed by atoms with van der Waals surface area (Å²) in [5, 5.41) is 0.758. The van der Waals surface area contributed by atoms with Crippen molar-refractivity contribution in [1.29, 1.82) is 0 Å². The van der Waals surface area contributed by atoms with Gasteiger partial charge in [0.2, 0.25) is 5.43 Å². The van der Waals surface area contributed by atoms with E-state index < -0.39 is 0 Å². The van der Waals surface area contributed by atoms with Crippen LogP contribution in [0.25, 0.3) is 32.2 Å². The Labute approximate surface area is 164 Å². The molecular formula is C21H19N3O3S. The van der Waals surface area contributed by atoms with Gasteiger partial charge in [0.25, 0.3) is 5.56 Å². The van der Waals surface area contributed by atoms with Gasteiger partial charge < -0.3 is 15.0 Å². The molecule has 6 nitrogen and oxygen atoms in total. The lowest BCUT2D eigenvalue weighted by Crippen LogP contribution is -2.15. The van der Waals surface area contributed by atoms with Gasteiger partial charge in [0, 0.05) is 18.2 Å². The zero-order chi connectivity index (χ0) is 19.4. The highest BCUT2D eigenvalue weighted by atomic mass is 32.1. The number of hydrogen-bond acceptors (Lipinski definition) is 5. The largest absolute Gasteiger partial charge is 0.494 e. The highest BCUT2D eigenvalue weighted by Gasteiger charge is 2.30. The quantitative estimate of drug-likeness (QED) is 0.556. The van der Waals surface area contributed by atoms with Crippen LogP contribution in [0.15, 0.2) is 46.0 Å². The fourth-order valence-corrected chi connectivity index (χ4v) is 4.75. The van der Waals surface area contributed by atoms with E-state index >= 15 is 0 Å². The molecule has 2 aromatic carbocycles. The minimum Gasteiger partial charge on any atom is -0.494 e. The third-order valence-corrected chi connectivity index (χ3v) is 6.24. The molecule has 0 atom stereocenters. The van der Waals surface area contributed by atoms with E-state index in [-0.39, 0.29) is 22.4 Å². The molecule has 0 unspecified atom stereocenters. The fraction of sp³-hybridized carbons (Fsp3) is 0.238. The number of methoxy groups -OCH3 is 1. The summed E-state index contributed by atoms with van der Waals surface area (Å²) in [7, 11) is 1.62. The van der Waals surface area contributed by atoms with Gasteiger partial charge in [-0.2, -0.15) is 0 Å². The molecule has 7 heteroatoms. The second kappa shape index (κ2) is 6.32. The van der Waals surface area contributed by atoms with Gasteiger partial charge >= 0.3 is 0 Å². The minimum atomic E-state index is -0.318. The molecule has 0 saturated heterocycles. The summed E-state index contributed by atoms with van der Waals surface area (Å²) in [6.07, 6.45) is 2.05. The number of H-pyrrole nitrogens is 1. The summed E-state index contributed by atoms with van der Waals surface area (Å²) >= 11 is 1.22. The number of nitrogens with two attached hydrogens (primary N) is 1. The maximum absolute atomic E-state index is 13.1. The van der Waals surface area contributed by atoms with Crippen molar-refractivity contribution in [3.8, 4) is 16.9 Å². The number of benzene rings is 2. The van der Waals surface area contributed by atoms with Gasteiger partial charge in [-0.05, 0) is 47.6 Å². The van der Waals surface area contributed by atoms with Gasteiger partial charge in [0.15, 0.2) is 5.75 Å². The van der Waals surface area contributed by atoms with Gasteiger partial charge in [-0.1, -0.05) is 24.3 Å². The van der Waals surface area contributed by atoms with E-state index in [1.807, 2.05) is 36.4 Å². The normalized spacial score (nSPS) is 14.1. The molecule has 0 aliphatic heterocycles. The molecular weight excluding hydrogens is 374 g/mol. The first-order valence-electron chi connectivity index (χ1n) is 9.19. The maximum atomic E-state index is 13.1. The Morgan fingerprint density at radius 2 is 1.93 bits per heavy atom. The summed E-state index contributed by atoms with van der Waals surface area (Å²) < 4.78 is 10.7. The number of rotatable bonds is 4.